The molecule has 0 aromatic heterocycles. The maximum absolute atomic E-state index is 3.29. The lowest BCUT2D eigenvalue weighted by molar-refractivity contribution is 0.754. The molecular weight excluding hydrogens is 240 g/mol. The predicted octanol–water partition coefficient (Wildman–Crippen LogP) is 5.81. The lowest BCUT2D eigenvalue weighted by Crippen LogP contribution is -1.72. The largest absolute Gasteiger partial charge is 0.0845 e. The van der Waals surface area contributed by atoms with Gasteiger partial charge in [-0.05, 0) is 31.8 Å². The average molecular weight is 263 g/mol. The molecule has 0 unspecified atom stereocenters. The lowest BCUT2D eigenvalue weighted by atomic mass is 10.2. The molecule has 0 fully saturated rings. The van der Waals surface area contributed by atoms with E-state index >= 15 is 0 Å². The Hall–Kier alpha value is -2.08. The highest BCUT2D eigenvalue weighted by Gasteiger charge is 1.82. The molecular formula is C20H23. The van der Waals surface area contributed by atoms with Crippen LogP contribution in [0.3, 0.4) is 0 Å². The van der Waals surface area contributed by atoms with E-state index < -0.39 is 0 Å². The molecule has 0 saturated carbocycles. The quantitative estimate of drug-likeness (QED) is 0.517. The van der Waals surface area contributed by atoms with Crippen molar-refractivity contribution in [1.82, 2.24) is 0 Å². The van der Waals surface area contributed by atoms with Crippen molar-refractivity contribution < 1.29 is 0 Å². The van der Waals surface area contributed by atoms with Gasteiger partial charge in [0.1, 0.15) is 0 Å². The summed E-state index contributed by atoms with van der Waals surface area (Å²) in [4.78, 5) is 0. The molecule has 0 N–H and O–H groups in total. The molecule has 1 rings (SSSR count). The van der Waals surface area contributed by atoms with Gasteiger partial charge in [0.25, 0.3) is 0 Å². The highest BCUT2D eigenvalue weighted by atomic mass is 13.9. The molecule has 0 amide bonds. The van der Waals surface area contributed by atoms with E-state index in [2.05, 4.69) is 24.3 Å². The van der Waals surface area contributed by atoms with Crippen molar-refractivity contribution in [3.05, 3.63) is 97.2 Å². The minimum Gasteiger partial charge on any atom is -0.0845 e. The minimum absolute atomic E-state index is 1.03. The van der Waals surface area contributed by atoms with Gasteiger partial charge in [0.2, 0.25) is 0 Å². The summed E-state index contributed by atoms with van der Waals surface area (Å²) in [6.07, 6.45) is 38.5. The topological polar surface area (TPSA) is 0 Å². The van der Waals surface area contributed by atoms with Crippen LogP contribution in [0.1, 0.15) is 25.7 Å². The van der Waals surface area contributed by atoms with Crippen molar-refractivity contribution in [2.24, 2.45) is 0 Å². The fourth-order valence-corrected chi connectivity index (χ4v) is 1.58. The van der Waals surface area contributed by atoms with Crippen molar-refractivity contribution in [3.8, 4) is 0 Å². The average Bonchev–Trinajstić information content (AvgIpc) is 2.46. The zero-order chi connectivity index (χ0) is 14.1. The van der Waals surface area contributed by atoms with Gasteiger partial charge in [-0.25, -0.2) is 0 Å². The molecule has 0 heteroatoms. The number of allylic oxidation sites excluding steroid dienone is 16. The summed E-state index contributed by atoms with van der Waals surface area (Å²) >= 11 is 0. The van der Waals surface area contributed by atoms with E-state index in [-0.39, 0.29) is 0 Å². The summed E-state index contributed by atoms with van der Waals surface area (Å²) in [5, 5.41) is 0. The molecule has 0 heterocycles. The van der Waals surface area contributed by atoms with Crippen molar-refractivity contribution in [2.75, 3.05) is 0 Å². The maximum Gasteiger partial charge on any atom is -0.0276 e. The van der Waals surface area contributed by atoms with E-state index in [0.29, 0.717) is 0 Å². The Balaban J connectivity index is 2.52. The standard InChI is InChI=1S/C20H23/c1-2-4-6-8-10-12-14-16-18-20-19-17-15-13-11-9-7-5-3-1/h1-15H,16,18-20H2/b2-1+,5-3+,6-4-,9-7-,10-8+,13-11+,14-12+,17-15?. The van der Waals surface area contributed by atoms with E-state index in [9.17, 15) is 0 Å². The highest BCUT2D eigenvalue weighted by molar-refractivity contribution is 5.21. The molecule has 0 atom stereocenters. The molecule has 0 saturated heterocycles. The molecule has 0 aromatic carbocycles. The van der Waals surface area contributed by atoms with Crippen molar-refractivity contribution in [3.63, 3.8) is 0 Å². The van der Waals surface area contributed by atoms with E-state index in [4.69, 9.17) is 0 Å². The van der Waals surface area contributed by atoms with Gasteiger partial charge in [-0.15, -0.1) is 0 Å². The molecule has 20 heavy (non-hydrogen) atoms. The summed E-state index contributed by atoms with van der Waals surface area (Å²) in [5.41, 5.74) is 0. The fraction of sp³-hybridized carbons (Fsp3) is 0.200. The first-order valence-electron chi connectivity index (χ1n) is 7.22. The first kappa shape index (κ1) is 16.0. The van der Waals surface area contributed by atoms with Crippen LogP contribution in [0.4, 0.5) is 0 Å². The Morgan fingerprint density at radius 3 is 1.60 bits per heavy atom. The van der Waals surface area contributed by atoms with Crippen LogP contribution in [0.25, 0.3) is 0 Å². The third kappa shape index (κ3) is 11.0. The van der Waals surface area contributed by atoms with E-state index in [0.717, 1.165) is 12.8 Å². The van der Waals surface area contributed by atoms with Crippen LogP contribution < -0.4 is 0 Å². The van der Waals surface area contributed by atoms with E-state index in [1.807, 2.05) is 72.9 Å². The zero-order valence-corrected chi connectivity index (χ0v) is 12.0. The maximum atomic E-state index is 3.29. The van der Waals surface area contributed by atoms with Crippen molar-refractivity contribution >= 4 is 0 Å². The fourth-order valence-electron chi connectivity index (χ4n) is 1.58. The second kappa shape index (κ2) is 13.4. The first-order chi connectivity index (χ1) is 10.0. The summed E-state index contributed by atoms with van der Waals surface area (Å²) in [7, 11) is 0. The van der Waals surface area contributed by atoms with Crippen LogP contribution in [0.2, 0.25) is 0 Å². The normalized spacial score (nSPS) is 30.4. The molecule has 0 bridgehead atoms. The smallest absolute Gasteiger partial charge is 0.0276 e. The predicted molar refractivity (Wildman–Crippen MR) is 90.3 cm³/mol. The highest BCUT2D eigenvalue weighted by Crippen LogP contribution is 2.01. The van der Waals surface area contributed by atoms with Crippen LogP contribution in [0.5, 0.6) is 0 Å². The minimum atomic E-state index is 1.03. The Bertz CT molecular complexity index is 404. The van der Waals surface area contributed by atoms with Gasteiger partial charge < -0.3 is 0 Å². The van der Waals surface area contributed by atoms with Crippen LogP contribution in [-0.4, -0.2) is 0 Å². The molecule has 1 radical (unpaired) electrons. The summed E-state index contributed by atoms with van der Waals surface area (Å²) < 4.78 is 0. The lowest BCUT2D eigenvalue weighted by Gasteiger charge is -1.91. The molecule has 1 aliphatic carbocycles. The van der Waals surface area contributed by atoms with Gasteiger partial charge in [-0.3, -0.25) is 0 Å². The first-order valence-corrected chi connectivity index (χ1v) is 7.22. The van der Waals surface area contributed by atoms with Crippen LogP contribution in [-0.2, 0) is 0 Å². The van der Waals surface area contributed by atoms with Crippen LogP contribution in [0.15, 0.2) is 91.1 Å². The Morgan fingerprint density at radius 2 is 1.00 bits per heavy atom. The van der Waals surface area contributed by atoms with Gasteiger partial charge in [0.15, 0.2) is 0 Å². The Labute approximate surface area is 123 Å². The summed E-state index contributed by atoms with van der Waals surface area (Å²) in [5.74, 6) is 0. The molecule has 0 aromatic rings. The number of hydrogen-bond donors (Lipinski definition) is 0. The third-order valence-electron chi connectivity index (χ3n) is 2.63. The summed E-state index contributed by atoms with van der Waals surface area (Å²) in [6, 6.07) is 0. The second-order valence-electron chi connectivity index (χ2n) is 4.35. The van der Waals surface area contributed by atoms with Crippen molar-refractivity contribution in [1.29, 1.82) is 0 Å². The van der Waals surface area contributed by atoms with E-state index in [1.54, 1.807) is 0 Å². The molecule has 103 valence electrons. The number of hydrogen-bond acceptors (Lipinski definition) is 0. The molecule has 1 aliphatic rings. The van der Waals surface area contributed by atoms with Gasteiger partial charge in [0.05, 0.1) is 0 Å². The van der Waals surface area contributed by atoms with Crippen LogP contribution >= 0.6 is 0 Å². The van der Waals surface area contributed by atoms with Gasteiger partial charge in [0, 0.05) is 0 Å². The van der Waals surface area contributed by atoms with Crippen molar-refractivity contribution in [2.45, 2.75) is 25.7 Å². The number of rotatable bonds is 0. The Kier molecular flexibility index (Phi) is 10.7. The SMILES string of the molecule is [C]1=C/C=C/C=C\C=C\C=C\C=C/C=C/C=C/CCCC/1. The molecule has 0 spiro atoms. The van der Waals surface area contributed by atoms with Gasteiger partial charge in [-0.1, -0.05) is 91.1 Å². The van der Waals surface area contributed by atoms with Gasteiger partial charge in [-0.2, -0.15) is 0 Å². The monoisotopic (exact) mass is 263 g/mol. The zero-order valence-electron chi connectivity index (χ0n) is 12.0. The van der Waals surface area contributed by atoms with E-state index in [1.165, 1.54) is 12.8 Å². The van der Waals surface area contributed by atoms with Gasteiger partial charge >= 0.3 is 0 Å². The second-order valence-corrected chi connectivity index (χ2v) is 4.35. The molecule has 0 nitrogen and oxygen atoms in total. The Morgan fingerprint density at radius 1 is 0.500 bits per heavy atom. The van der Waals surface area contributed by atoms with Crippen LogP contribution in [0, 0.1) is 6.08 Å². The summed E-state index contributed by atoms with van der Waals surface area (Å²) in [6.45, 7) is 0. The molecule has 0 aliphatic heterocycles. The third-order valence-corrected chi connectivity index (χ3v) is 2.63.